The standard InChI is InChI=1S/C14H19NO2/c1-16-11-4-5-12-17-14-9-3-2-7-13(14)8-6-10-15/h2-3,7,9H,4-5,10-12,15H2,1H3. The van der Waals surface area contributed by atoms with E-state index < -0.39 is 0 Å². The second kappa shape index (κ2) is 8.63. The molecule has 0 aliphatic heterocycles. The number of methoxy groups -OCH3 is 1. The number of rotatable bonds is 6. The summed E-state index contributed by atoms with van der Waals surface area (Å²) in [4.78, 5) is 0. The number of ether oxygens (including phenoxy) is 2. The van der Waals surface area contributed by atoms with Gasteiger partial charge in [0.2, 0.25) is 0 Å². The molecule has 2 N–H and O–H groups in total. The van der Waals surface area contributed by atoms with Crippen molar-refractivity contribution >= 4 is 0 Å². The SMILES string of the molecule is COCCCCOc1ccccc1C#CCN. The summed E-state index contributed by atoms with van der Waals surface area (Å²) in [6.45, 7) is 1.82. The van der Waals surface area contributed by atoms with Gasteiger partial charge in [-0.3, -0.25) is 0 Å². The van der Waals surface area contributed by atoms with Gasteiger partial charge in [0, 0.05) is 13.7 Å². The Bertz CT molecular complexity index is 379. The van der Waals surface area contributed by atoms with Crippen LogP contribution in [-0.4, -0.2) is 26.9 Å². The number of benzene rings is 1. The summed E-state index contributed by atoms with van der Waals surface area (Å²) < 4.78 is 10.7. The van der Waals surface area contributed by atoms with E-state index in [0.717, 1.165) is 30.8 Å². The van der Waals surface area contributed by atoms with Gasteiger partial charge in [0.15, 0.2) is 0 Å². The van der Waals surface area contributed by atoms with Gasteiger partial charge < -0.3 is 15.2 Å². The predicted molar refractivity (Wildman–Crippen MR) is 69.0 cm³/mol. The zero-order valence-electron chi connectivity index (χ0n) is 10.2. The molecule has 92 valence electrons. The van der Waals surface area contributed by atoms with Crippen molar-refractivity contribution < 1.29 is 9.47 Å². The largest absolute Gasteiger partial charge is 0.492 e. The fourth-order valence-corrected chi connectivity index (χ4v) is 1.37. The third kappa shape index (κ3) is 5.39. The van der Waals surface area contributed by atoms with Crippen LogP contribution in [0.4, 0.5) is 0 Å². The van der Waals surface area contributed by atoms with Crippen molar-refractivity contribution in [1.29, 1.82) is 0 Å². The smallest absolute Gasteiger partial charge is 0.134 e. The Morgan fingerprint density at radius 1 is 1.18 bits per heavy atom. The van der Waals surface area contributed by atoms with Crippen LogP contribution >= 0.6 is 0 Å². The van der Waals surface area contributed by atoms with Gasteiger partial charge in [-0.15, -0.1) is 0 Å². The summed E-state index contributed by atoms with van der Waals surface area (Å²) >= 11 is 0. The molecule has 0 saturated heterocycles. The molecule has 1 aromatic rings. The fraction of sp³-hybridized carbons (Fsp3) is 0.429. The van der Waals surface area contributed by atoms with Crippen LogP contribution in [-0.2, 0) is 4.74 Å². The first-order valence-electron chi connectivity index (χ1n) is 5.78. The highest BCUT2D eigenvalue weighted by Gasteiger charge is 1.99. The topological polar surface area (TPSA) is 44.5 Å². The quantitative estimate of drug-likeness (QED) is 0.602. The molecule has 17 heavy (non-hydrogen) atoms. The molecule has 0 heterocycles. The lowest BCUT2D eigenvalue weighted by Crippen LogP contribution is -2.01. The first-order chi connectivity index (χ1) is 8.38. The second-order valence-electron chi connectivity index (χ2n) is 3.55. The average molecular weight is 233 g/mol. The van der Waals surface area contributed by atoms with Crippen molar-refractivity contribution in [1.82, 2.24) is 0 Å². The molecule has 0 fully saturated rings. The molecule has 0 atom stereocenters. The van der Waals surface area contributed by atoms with Crippen LogP contribution in [0.25, 0.3) is 0 Å². The molecule has 0 spiro atoms. The summed E-state index contributed by atoms with van der Waals surface area (Å²) in [5.74, 6) is 6.66. The van der Waals surface area contributed by atoms with E-state index in [1.165, 1.54) is 0 Å². The molecule has 0 saturated carbocycles. The van der Waals surface area contributed by atoms with Gasteiger partial charge in [-0.25, -0.2) is 0 Å². The maximum Gasteiger partial charge on any atom is 0.134 e. The van der Waals surface area contributed by atoms with E-state index in [4.69, 9.17) is 15.2 Å². The van der Waals surface area contributed by atoms with E-state index in [1.807, 2.05) is 24.3 Å². The monoisotopic (exact) mass is 233 g/mol. The predicted octanol–water partition coefficient (Wildman–Crippen LogP) is 1.80. The molecule has 1 aromatic carbocycles. The van der Waals surface area contributed by atoms with Gasteiger partial charge in [0.1, 0.15) is 5.75 Å². The Morgan fingerprint density at radius 2 is 1.94 bits per heavy atom. The Kier molecular flexibility index (Phi) is 6.89. The Labute approximate surface area is 103 Å². The summed E-state index contributed by atoms with van der Waals surface area (Å²) in [5.41, 5.74) is 6.25. The number of unbranched alkanes of at least 4 members (excludes halogenated alkanes) is 1. The minimum Gasteiger partial charge on any atom is -0.492 e. The highest BCUT2D eigenvalue weighted by Crippen LogP contribution is 2.16. The van der Waals surface area contributed by atoms with E-state index in [1.54, 1.807) is 7.11 Å². The van der Waals surface area contributed by atoms with E-state index in [2.05, 4.69) is 11.8 Å². The van der Waals surface area contributed by atoms with Crippen LogP contribution in [0.1, 0.15) is 18.4 Å². The minimum atomic E-state index is 0.363. The highest BCUT2D eigenvalue weighted by atomic mass is 16.5. The molecular weight excluding hydrogens is 214 g/mol. The lowest BCUT2D eigenvalue weighted by Gasteiger charge is -2.07. The lowest BCUT2D eigenvalue weighted by atomic mass is 10.2. The van der Waals surface area contributed by atoms with Gasteiger partial charge in [0.05, 0.1) is 18.7 Å². The van der Waals surface area contributed by atoms with Gasteiger partial charge in [-0.1, -0.05) is 24.0 Å². The lowest BCUT2D eigenvalue weighted by molar-refractivity contribution is 0.184. The van der Waals surface area contributed by atoms with E-state index in [-0.39, 0.29) is 0 Å². The van der Waals surface area contributed by atoms with Crippen molar-refractivity contribution in [3.63, 3.8) is 0 Å². The molecule has 0 aliphatic rings. The molecule has 3 nitrogen and oxygen atoms in total. The summed E-state index contributed by atoms with van der Waals surface area (Å²) in [5, 5.41) is 0. The molecule has 0 amide bonds. The molecule has 0 radical (unpaired) electrons. The second-order valence-corrected chi connectivity index (χ2v) is 3.55. The molecule has 0 unspecified atom stereocenters. The van der Waals surface area contributed by atoms with E-state index in [9.17, 15) is 0 Å². The summed E-state index contributed by atoms with van der Waals surface area (Å²) in [7, 11) is 1.71. The number of hydrogen-bond donors (Lipinski definition) is 1. The molecule has 0 bridgehead atoms. The van der Waals surface area contributed by atoms with Crippen LogP contribution in [0.2, 0.25) is 0 Å². The van der Waals surface area contributed by atoms with Gasteiger partial charge in [-0.05, 0) is 25.0 Å². The molecular formula is C14H19NO2. The Balaban J connectivity index is 2.46. The zero-order valence-corrected chi connectivity index (χ0v) is 10.2. The Hall–Kier alpha value is -1.50. The van der Waals surface area contributed by atoms with Crippen molar-refractivity contribution in [3.05, 3.63) is 29.8 Å². The first-order valence-corrected chi connectivity index (χ1v) is 5.78. The average Bonchev–Trinajstić information content (AvgIpc) is 2.37. The highest BCUT2D eigenvalue weighted by molar-refractivity contribution is 5.45. The van der Waals surface area contributed by atoms with Crippen LogP contribution in [0.5, 0.6) is 5.75 Å². The maximum absolute atomic E-state index is 5.68. The zero-order chi connectivity index (χ0) is 12.3. The molecule has 3 heteroatoms. The molecule has 0 aliphatic carbocycles. The third-order valence-corrected chi connectivity index (χ3v) is 2.21. The summed E-state index contributed by atoms with van der Waals surface area (Å²) in [6.07, 6.45) is 1.99. The van der Waals surface area contributed by atoms with Crippen molar-refractivity contribution in [2.45, 2.75) is 12.8 Å². The van der Waals surface area contributed by atoms with Crippen LogP contribution in [0, 0.1) is 11.8 Å². The van der Waals surface area contributed by atoms with Gasteiger partial charge in [0.25, 0.3) is 0 Å². The van der Waals surface area contributed by atoms with Crippen LogP contribution in [0.15, 0.2) is 24.3 Å². The van der Waals surface area contributed by atoms with E-state index >= 15 is 0 Å². The van der Waals surface area contributed by atoms with Crippen LogP contribution in [0.3, 0.4) is 0 Å². The number of hydrogen-bond acceptors (Lipinski definition) is 3. The van der Waals surface area contributed by atoms with E-state index in [0.29, 0.717) is 13.2 Å². The van der Waals surface area contributed by atoms with Gasteiger partial charge in [-0.2, -0.15) is 0 Å². The third-order valence-electron chi connectivity index (χ3n) is 2.21. The summed E-state index contributed by atoms with van der Waals surface area (Å²) in [6, 6.07) is 7.75. The van der Waals surface area contributed by atoms with Crippen molar-refractivity contribution in [3.8, 4) is 17.6 Å². The van der Waals surface area contributed by atoms with Crippen molar-refractivity contribution in [2.24, 2.45) is 5.73 Å². The Morgan fingerprint density at radius 3 is 2.71 bits per heavy atom. The maximum atomic E-state index is 5.68. The number of nitrogens with two attached hydrogens (primary N) is 1. The minimum absolute atomic E-state index is 0.363. The molecule has 1 rings (SSSR count). The number of para-hydroxylation sites is 1. The fourth-order valence-electron chi connectivity index (χ4n) is 1.37. The van der Waals surface area contributed by atoms with Gasteiger partial charge >= 0.3 is 0 Å². The van der Waals surface area contributed by atoms with Crippen molar-refractivity contribution in [2.75, 3.05) is 26.9 Å². The molecule has 0 aromatic heterocycles. The first kappa shape index (κ1) is 13.6. The normalized spacial score (nSPS) is 9.53. The van der Waals surface area contributed by atoms with Crippen LogP contribution < -0.4 is 10.5 Å².